The number of rotatable bonds is 6. The number of furan rings is 1. The molecule has 0 saturated heterocycles. The summed E-state index contributed by atoms with van der Waals surface area (Å²) in [5.41, 5.74) is 0.813. The highest BCUT2D eigenvalue weighted by Crippen LogP contribution is 2.26. The molecular weight excluding hydrogens is 306 g/mol. The van der Waals surface area contributed by atoms with E-state index in [0.717, 1.165) is 16.7 Å². The molecule has 0 fully saturated rings. The molecular formula is C15H16ClN3O3. The molecule has 2 aromatic heterocycles. The maximum absolute atomic E-state index is 5.98. The largest absolute Gasteiger partial charge is 0.459 e. The van der Waals surface area contributed by atoms with Gasteiger partial charge in [-0.25, -0.2) is 0 Å². The van der Waals surface area contributed by atoms with Crippen molar-refractivity contribution in [1.82, 2.24) is 15.5 Å². The molecule has 2 heterocycles. The third-order valence-electron chi connectivity index (χ3n) is 3.27. The van der Waals surface area contributed by atoms with E-state index in [0.29, 0.717) is 29.9 Å². The second-order valence-electron chi connectivity index (χ2n) is 4.97. The zero-order valence-electron chi connectivity index (χ0n) is 12.3. The summed E-state index contributed by atoms with van der Waals surface area (Å²) in [6.07, 6.45) is 0. The number of fused-ring (bicyclic) bond motifs is 1. The molecule has 7 heteroatoms. The Balaban J connectivity index is 1.65. The molecule has 0 spiro atoms. The number of nitrogens with one attached hydrogen (secondary N) is 1. The highest BCUT2D eigenvalue weighted by molar-refractivity contribution is 6.31. The van der Waals surface area contributed by atoms with Crippen LogP contribution in [0.4, 0.5) is 0 Å². The van der Waals surface area contributed by atoms with Gasteiger partial charge in [0.05, 0.1) is 12.6 Å². The normalized spacial score (nSPS) is 12.9. The van der Waals surface area contributed by atoms with Crippen LogP contribution in [0.2, 0.25) is 5.02 Å². The van der Waals surface area contributed by atoms with Crippen molar-refractivity contribution in [1.29, 1.82) is 0 Å². The minimum absolute atomic E-state index is 0.00366. The molecule has 3 aromatic rings. The lowest BCUT2D eigenvalue weighted by molar-refractivity contribution is 0.174. The van der Waals surface area contributed by atoms with Crippen molar-refractivity contribution in [3.05, 3.63) is 46.8 Å². The van der Waals surface area contributed by atoms with Crippen LogP contribution in [-0.2, 0) is 17.9 Å². The zero-order valence-corrected chi connectivity index (χ0v) is 13.1. The second kappa shape index (κ2) is 6.48. The average Bonchev–Trinajstić information content (AvgIpc) is 3.11. The quantitative estimate of drug-likeness (QED) is 0.749. The van der Waals surface area contributed by atoms with Gasteiger partial charge >= 0.3 is 0 Å². The van der Waals surface area contributed by atoms with Gasteiger partial charge in [-0.15, -0.1) is 0 Å². The first-order valence-electron chi connectivity index (χ1n) is 6.88. The summed E-state index contributed by atoms with van der Waals surface area (Å²) in [7, 11) is 1.59. The number of methoxy groups -OCH3 is 1. The lowest BCUT2D eigenvalue weighted by Crippen LogP contribution is -2.17. The number of nitrogens with zero attached hydrogens (tertiary/aromatic N) is 2. The molecule has 1 N–H and O–H groups in total. The van der Waals surface area contributed by atoms with E-state index in [1.54, 1.807) is 7.11 Å². The molecule has 6 nitrogen and oxygen atoms in total. The van der Waals surface area contributed by atoms with Crippen LogP contribution in [0.15, 0.2) is 33.2 Å². The van der Waals surface area contributed by atoms with Crippen molar-refractivity contribution < 1.29 is 13.7 Å². The first-order chi connectivity index (χ1) is 10.7. The Morgan fingerprint density at radius 1 is 1.36 bits per heavy atom. The number of hydrogen-bond acceptors (Lipinski definition) is 6. The zero-order chi connectivity index (χ0) is 15.5. The van der Waals surface area contributed by atoms with Gasteiger partial charge in [0.1, 0.15) is 18.0 Å². The van der Waals surface area contributed by atoms with Gasteiger partial charge < -0.3 is 13.7 Å². The third kappa shape index (κ3) is 3.30. The van der Waals surface area contributed by atoms with E-state index in [1.165, 1.54) is 0 Å². The molecule has 116 valence electrons. The van der Waals surface area contributed by atoms with Crippen LogP contribution < -0.4 is 5.32 Å². The Labute approximate surface area is 132 Å². The van der Waals surface area contributed by atoms with Gasteiger partial charge in [-0.3, -0.25) is 5.32 Å². The van der Waals surface area contributed by atoms with Gasteiger partial charge in [0.2, 0.25) is 5.89 Å². The summed E-state index contributed by atoms with van der Waals surface area (Å²) in [4.78, 5) is 4.21. The summed E-state index contributed by atoms with van der Waals surface area (Å²) in [5.74, 6) is 1.87. The Bertz CT molecular complexity index is 768. The van der Waals surface area contributed by atoms with Crippen molar-refractivity contribution in [2.24, 2.45) is 0 Å². The molecule has 0 aliphatic carbocycles. The third-order valence-corrected chi connectivity index (χ3v) is 3.50. The maximum atomic E-state index is 5.98. The first-order valence-corrected chi connectivity index (χ1v) is 7.26. The van der Waals surface area contributed by atoms with E-state index >= 15 is 0 Å². The lowest BCUT2D eigenvalue weighted by Gasteiger charge is -2.08. The molecule has 3 rings (SSSR count). The number of hydrogen-bond donors (Lipinski definition) is 1. The van der Waals surface area contributed by atoms with Crippen LogP contribution in [0, 0.1) is 0 Å². The molecule has 0 aliphatic heterocycles. The van der Waals surface area contributed by atoms with E-state index in [4.69, 9.17) is 25.3 Å². The van der Waals surface area contributed by atoms with Crippen molar-refractivity contribution in [2.75, 3.05) is 7.11 Å². The van der Waals surface area contributed by atoms with Gasteiger partial charge in [0, 0.05) is 17.5 Å². The predicted octanol–water partition coefficient (Wildman–Crippen LogP) is 3.47. The molecule has 0 saturated carbocycles. The van der Waals surface area contributed by atoms with Crippen LogP contribution in [0.25, 0.3) is 11.0 Å². The predicted molar refractivity (Wildman–Crippen MR) is 81.5 cm³/mol. The fourth-order valence-corrected chi connectivity index (χ4v) is 2.32. The number of aromatic nitrogens is 2. The van der Waals surface area contributed by atoms with Crippen LogP contribution in [-0.4, -0.2) is 17.3 Å². The summed E-state index contributed by atoms with van der Waals surface area (Å²) in [5, 5.41) is 8.77. The second-order valence-corrected chi connectivity index (χ2v) is 5.41. The topological polar surface area (TPSA) is 73.3 Å². The fraction of sp³-hybridized carbons (Fsp3) is 0.333. The highest BCUT2D eigenvalue weighted by Gasteiger charge is 2.13. The minimum atomic E-state index is 0.00366. The van der Waals surface area contributed by atoms with E-state index in [-0.39, 0.29) is 6.04 Å². The van der Waals surface area contributed by atoms with Crippen LogP contribution >= 0.6 is 11.6 Å². The van der Waals surface area contributed by atoms with Gasteiger partial charge in [0.15, 0.2) is 5.82 Å². The van der Waals surface area contributed by atoms with Crippen molar-refractivity contribution in [3.63, 3.8) is 0 Å². The van der Waals surface area contributed by atoms with Crippen molar-refractivity contribution >= 4 is 22.6 Å². The average molecular weight is 322 g/mol. The van der Waals surface area contributed by atoms with Crippen molar-refractivity contribution in [2.45, 2.75) is 26.1 Å². The smallest absolute Gasteiger partial charge is 0.240 e. The summed E-state index contributed by atoms with van der Waals surface area (Å²) >= 11 is 5.98. The lowest BCUT2D eigenvalue weighted by atomic mass is 10.2. The molecule has 0 radical (unpaired) electrons. The summed E-state index contributed by atoms with van der Waals surface area (Å²) in [6, 6.07) is 7.53. The van der Waals surface area contributed by atoms with E-state index in [9.17, 15) is 0 Å². The highest BCUT2D eigenvalue weighted by atomic mass is 35.5. The van der Waals surface area contributed by atoms with Gasteiger partial charge in [-0.05, 0) is 31.2 Å². The van der Waals surface area contributed by atoms with Crippen LogP contribution in [0.1, 0.15) is 30.4 Å². The van der Waals surface area contributed by atoms with Crippen LogP contribution in [0.5, 0.6) is 0 Å². The van der Waals surface area contributed by atoms with Crippen LogP contribution in [0.3, 0.4) is 0 Å². The maximum Gasteiger partial charge on any atom is 0.240 e. The molecule has 0 aliphatic rings. The first kappa shape index (κ1) is 15.0. The fourth-order valence-electron chi connectivity index (χ4n) is 2.14. The molecule has 0 amide bonds. The Morgan fingerprint density at radius 2 is 2.23 bits per heavy atom. The SMILES string of the molecule is COCc1noc(CN[C@@H](C)c2cc3cc(Cl)ccc3o2)n1. The van der Waals surface area contributed by atoms with E-state index in [2.05, 4.69) is 15.5 Å². The molecule has 0 unspecified atom stereocenters. The minimum Gasteiger partial charge on any atom is -0.459 e. The van der Waals surface area contributed by atoms with Gasteiger partial charge in [-0.2, -0.15) is 4.98 Å². The van der Waals surface area contributed by atoms with E-state index < -0.39 is 0 Å². The monoisotopic (exact) mass is 321 g/mol. The van der Waals surface area contributed by atoms with E-state index in [1.807, 2.05) is 31.2 Å². The Hall–Kier alpha value is -1.89. The summed E-state index contributed by atoms with van der Waals surface area (Å²) < 4.78 is 15.9. The Morgan fingerprint density at radius 3 is 3.05 bits per heavy atom. The van der Waals surface area contributed by atoms with Gasteiger partial charge in [0.25, 0.3) is 0 Å². The molecule has 22 heavy (non-hydrogen) atoms. The number of halogens is 1. The molecule has 1 atom stereocenters. The van der Waals surface area contributed by atoms with Gasteiger partial charge in [-0.1, -0.05) is 16.8 Å². The Kier molecular flexibility index (Phi) is 4.42. The van der Waals surface area contributed by atoms with Crippen molar-refractivity contribution in [3.8, 4) is 0 Å². The number of ether oxygens (including phenoxy) is 1. The molecule has 1 aromatic carbocycles. The number of benzene rings is 1. The summed E-state index contributed by atoms with van der Waals surface area (Å²) in [6.45, 7) is 2.80. The standard InChI is InChI=1S/C15H16ClN3O3/c1-9(17-7-15-18-14(8-20-2)19-22-15)13-6-10-5-11(16)3-4-12(10)21-13/h3-6,9,17H,7-8H2,1-2H3/t9-/m0/s1. The molecule has 0 bridgehead atoms.